The topological polar surface area (TPSA) is 114 Å². The molecule has 0 saturated heterocycles. The Balaban J connectivity index is 2.29. The number of hydrogen-bond donors (Lipinski definition) is 3. The molecule has 0 aliphatic rings. The minimum absolute atomic E-state index is 0.0255. The molecule has 8 nitrogen and oxygen atoms in total. The molecule has 0 unspecified atom stereocenters. The van der Waals surface area contributed by atoms with E-state index < -0.39 is 17.7 Å². The minimum Gasteiger partial charge on any atom is -0.495 e. The van der Waals surface area contributed by atoms with Crippen LogP contribution in [-0.2, 0) is 4.74 Å². The van der Waals surface area contributed by atoms with E-state index in [1.165, 1.54) is 13.2 Å². The molecular weight excluding hydrogens is 314 g/mol. The summed E-state index contributed by atoms with van der Waals surface area (Å²) in [6, 6.07) is 6.39. The highest BCUT2D eigenvalue weighted by atomic mass is 16.6. The van der Waals surface area contributed by atoms with Gasteiger partial charge < -0.3 is 14.6 Å². The van der Waals surface area contributed by atoms with Crippen molar-refractivity contribution < 1.29 is 24.2 Å². The van der Waals surface area contributed by atoms with Crippen LogP contribution in [0.15, 0.2) is 24.3 Å². The van der Waals surface area contributed by atoms with Gasteiger partial charge in [-0.1, -0.05) is 0 Å². The number of ether oxygens (including phenoxy) is 2. The summed E-state index contributed by atoms with van der Waals surface area (Å²) in [5.41, 5.74) is 0.785. The minimum atomic E-state index is -1.10. The molecule has 128 valence electrons. The fourth-order valence-corrected chi connectivity index (χ4v) is 1.96. The molecule has 0 atom stereocenters. The summed E-state index contributed by atoms with van der Waals surface area (Å²) in [7, 11) is 1.48. The van der Waals surface area contributed by atoms with Crippen molar-refractivity contribution in [1.29, 1.82) is 0 Å². The molecule has 1 amide bonds. The highest BCUT2D eigenvalue weighted by Gasteiger charge is 2.18. The first-order valence-electron chi connectivity index (χ1n) is 7.17. The van der Waals surface area contributed by atoms with E-state index in [4.69, 9.17) is 14.6 Å². The predicted molar refractivity (Wildman–Crippen MR) is 87.4 cm³/mol. The van der Waals surface area contributed by atoms with Crippen LogP contribution in [0.4, 0.5) is 10.5 Å². The molecule has 8 heteroatoms. The van der Waals surface area contributed by atoms with Crippen molar-refractivity contribution in [2.45, 2.75) is 26.4 Å². The number of nitrogens with zero attached hydrogens (tertiary/aromatic N) is 1. The van der Waals surface area contributed by atoms with E-state index in [2.05, 4.69) is 15.5 Å². The molecule has 0 spiro atoms. The third-order valence-corrected chi connectivity index (χ3v) is 2.94. The standard InChI is InChI=1S/C16H19N3O5/c1-16(2,3)24-15(22)17-11-7-9(5-6-13(11)23-4)10-8-12(14(20)21)19-18-10/h5-8H,1-4H3,(H,17,22)(H,18,19)(H,20,21). The molecule has 0 fully saturated rings. The Labute approximate surface area is 138 Å². The normalized spacial score (nSPS) is 11.0. The molecular formula is C16H19N3O5. The van der Waals surface area contributed by atoms with Gasteiger partial charge in [0.25, 0.3) is 0 Å². The SMILES string of the molecule is COc1ccc(-c2cc(C(=O)O)[nH]n2)cc1NC(=O)OC(C)(C)C. The number of methoxy groups -OCH3 is 1. The summed E-state index contributed by atoms with van der Waals surface area (Å²) >= 11 is 0. The molecule has 2 aromatic rings. The second kappa shape index (κ2) is 6.61. The van der Waals surface area contributed by atoms with Crippen LogP contribution in [0.3, 0.4) is 0 Å². The number of hydrogen-bond acceptors (Lipinski definition) is 5. The second-order valence-corrected chi connectivity index (χ2v) is 6.01. The Bertz CT molecular complexity index is 761. The molecule has 0 aliphatic carbocycles. The lowest BCUT2D eigenvalue weighted by Crippen LogP contribution is -2.27. The molecule has 1 aromatic heterocycles. The average molecular weight is 333 g/mol. The van der Waals surface area contributed by atoms with Gasteiger partial charge in [-0.15, -0.1) is 0 Å². The summed E-state index contributed by atoms with van der Waals surface area (Å²) in [6.07, 6.45) is -0.619. The van der Waals surface area contributed by atoms with Gasteiger partial charge in [0.2, 0.25) is 0 Å². The Hall–Kier alpha value is -3.03. The fraction of sp³-hybridized carbons (Fsp3) is 0.312. The van der Waals surface area contributed by atoms with Gasteiger partial charge in [0.05, 0.1) is 18.5 Å². The molecule has 0 bridgehead atoms. The third kappa shape index (κ3) is 4.25. The second-order valence-electron chi connectivity index (χ2n) is 6.01. The maximum Gasteiger partial charge on any atom is 0.412 e. The number of carboxylic acids is 1. The number of H-pyrrole nitrogens is 1. The number of anilines is 1. The first-order valence-corrected chi connectivity index (χ1v) is 7.17. The fourth-order valence-electron chi connectivity index (χ4n) is 1.96. The van der Waals surface area contributed by atoms with Gasteiger partial charge >= 0.3 is 12.1 Å². The van der Waals surface area contributed by atoms with Crippen molar-refractivity contribution in [2.24, 2.45) is 0 Å². The van der Waals surface area contributed by atoms with Crippen LogP contribution >= 0.6 is 0 Å². The summed E-state index contributed by atoms with van der Waals surface area (Å²) in [4.78, 5) is 22.9. The van der Waals surface area contributed by atoms with Crippen LogP contribution in [0.1, 0.15) is 31.3 Å². The van der Waals surface area contributed by atoms with Gasteiger partial charge in [-0.25, -0.2) is 9.59 Å². The molecule has 3 N–H and O–H groups in total. The summed E-state index contributed by atoms with van der Waals surface area (Å²) in [5.74, 6) is -0.659. The van der Waals surface area contributed by atoms with Crippen LogP contribution in [0.25, 0.3) is 11.3 Å². The van der Waals surface area contributed by atoms with E-state index in [-0.39, 0.29) is 5.69 Å². The van der Waals surface area contributed by atoms with E-state index in [1.54, 1.807) is 39.0 Å². The highest BCUT2D eigenvalue weighted by molar-refractivity contribution is 5.89. The van der Waals surface area contributed by atoms with Gasteiger partial charge in [0.1, 0.15) is 17.0 Å². The van der Waals surface area contributed by atoms with Crippen LogP contribution < -0.4 is 10.1 Å². The maximum atomic E-state index is 11.9. The first kappa shape index (κ1) is 17.3. The smallest absolute Gasteiger partial charge is 0.412 e. The van der Waals surface area contributed by atoms with Crippen LogP contribution in [0.5, 0.6) is 5.75 Å². The summed E-state index contributed by atoms with van der Waals surface area (Å²) < 4.78 is 10.4. The van der Waals surface area contributed by atoms with E-state index in [0.717, 1.165) is 0 Å². The zero-order valence-corrected chi connectivity index (χ0v) is 13.8. The van der Waals surface area contributed by atoms with Crippen molar-refractivity contribution in [3.05, 3.63) is 30.0 Å². The van der Waals surface area contributed by atoms with Gasteiger partial charge in [-0.2, -0.15) is 5.10 Å². The van der Waals surface area contributed by atoms with Crippen molar-refractivity contribution >= 4 is 17.7 Å². The molecule has 0 saturated carbocycles. The quantitative estimate of drug-likeness (QED) is 0.792. The highest BCUT2D eigenvalue weighted by Crippen LogP contribution is 2.30. The predicted octanol–water partition coefficient (Wildman–Crippen LogP) is 3.13. The molecule has 1 aromatic carbocycles. The largest absolute Gasteiger partial charge is 0.495 e. The Morgan fingerprint density at radius 2 is 1.96 bits per heavy atom. The summed E-state index contributed by atoms with van der Waals surface area (Å²) in [5, 5.41) is 17.9. The van der Waals surface area contributed by atoms with Crippen LogP contribution in [-0.4, -0.2) is 40.1 Å². The molecule has 0 aliphatic heterocycles. The number of rotatable bonds is 4. The molecule has 0 radical (unpaired) electrons. The van der Waals surface area contributed by atoms with Crippen LogP contribution in [0.2, 0.25) is 0 Å². The number of carboxylic acid groups (broad SMARTS) is 1. The lowest BCUT2D eigenvalue weighted by Gasteiger charge is -2.20. The number of carbonyl (C=O) groups excluding carboxylic acids is 1. The van der Waals surface area contributed by atoms with Gasteiger partial charge in [-0.05, 0) is 45.0 Å². The Morgan fingerprint density at radius 3 is 2.50 bits per heavy atom. The Morgan fingerprint density at radius 1 is 1.25 bits per heavy atom. The number of nitrogens with one attached hydrogen (secondary N) is 2. The molecule has 24 heavy (non-hydrogen) atoms. The van der Waals surface area contributed by atoms with Crippen molar-refractivity contribution in [1.82, 2.24) is 10.2 Å². The molecule has 2 rings (SSSR count). The van der Waals surface area contributed by atoms with Gasteiger partial charge in [0.15, 0.2) is 0 Å². The van der Waals surface area contributed by atoms with Gasteiger partial charge in [0, 0.05) is 5.56 Å². The number of amides is 1. The number of aromatic nitrogens is 2. The lowest BCUT2D eigenvalue weighted by molar-refractivity contribution is 0.0633. The summed E-state index contributed by atoms with van der Waals surface area (Å²) in [6.45, 7) is 5.28. The maximum absolute atomic E-state index is 11.9. The zero-order valence-electron chi connectivity index (χ0n) is 13.8. The van der Waals surface area contributed by atoms with Crippen molar-refractivity contribution in [3.63, 3.8) is 0 Å². The number of benzene rings is 1. The molecule has 1 heterocycles. The van der Waals surface area contributed by atoms with E-state index >= 15 is 0 Å². The first-order chi connectivity index (χ1) is 11.2. The van der Waals surface area contributed by atoms with Crippen molar-refractivity contribution in [3.8, 4) is 17.0 Å². The van der Waals surface area contributed by atoms with E-state index in [0.29, 0.717) is 22.7 Å². The number of carbonyl (C=O) groups is 2. The van der Waals surface area contributed by atoms with Crippen LogP contribution in [0, 0.1) is 0 Å². The zero-order chi connectivity index (χ0) is 17.9. The monoisotopic (exact) mass is 333 g/mol. The third-order valence-electron chi connectivity index (χ3n) is 2.94. The number of aromatic carboxylic acids is 1. The van der Waals surface area contributed by atoms with E-state index in [9.17, 15) is 9.59 Å². The Kier molecular flexibility index (Phi) is 4.77. The van der Waals surface area contributed by atoms with E-state index in [1.807, 2.05) is 0 Å². The van der Waals surface area contributed by atoms with Gasteiger partial charge in [-0.3, -0.25) is 10.4 Å². The van der Waals surface area contributed by atoms with Crippen molar-refractivity contribution in [2.75, 3.05) is 12.4 Å². The number of aromatic amines is 1. The average Bonchev–Trinajstić information content (AvgIpc) is 2.95. The lowest BCUT2D eigenvalue weighted by atomic mass is 10.1.